The predicted octanol–water partition coefficient (Wildman–Crippen LogP) is 8.04. The number of hydrogen-bond acceptors (Lipinski definition) is 0. The van der Waals surface area contributed by atoms with Gasteiger partial charge in [0, 0.05) is 0 Å². The van der Waals surface area contributed by atoms with E-state index in [0.717, 1.165) is 0 Å². The van der Waals surface area contributed by atoms with Crippen LogP contribution in [0.25, 0.3) is 0 Å². The van der Waals surface area contributed by atoms with Gasteiger partial charge in [-0.15, -0.1) is 0 Å². The van der Waals surface area contributed by atoms with Crippen LogP contribution in [0.3, 0.4) is 0 Å². The van der Waals surface area contributed by atoms with Crippen LogP contribution in [0.4, 0.5) is 0 Å². The summed E-state index contributed by atoms with van der Waals surface area (Å²) >= 11 is 0. The molecule has 1 aromatic rings. The third kappa shape index (κ3) is 5.11. The Balaban J connectivity index is 3.34. The second-order valence-electron chi connectivity index (χ2n) is 12.0. The summed E-state index contributed by atoms with van der Waals surface area (Å²) in [4.78, 5) is 0. The van der Waals surface area contributed by atoms with E-state index in [0.29, 0.717) is 11.8 Å². The van der Waals surface area contributed by atoms with Gasteiger partial charge in [0.2, 0.25) is 0 Å². The van der Waals surface area contributed by atoms with Crippen molar-refractivity contribution in [2.24, 2.45) is 21.7 Å². The Morgan fingerprint density at radius 3 is 0.708 bits per heavy atom. The molecule has 0 N–H and O–H groups in total. The molecular weight excluding hydrogens is 288 g/mol. The fourth-order valence-electron chi connectivity index (χ4n) is 5.48. The van der Waals surface area contributed by atoms with E-state index in [1.807, 2.05) is 0 Å². The smallest absolute Gasteiger partial charge is 0.00646 e. The molecule has 1 aromatic carbocycles. The summed E-state index contributed by atoms with van der Waals surface area (Å²) in [6.45, 7) is 28.4. The van der Waals surface area contributed by atoms with Crippen LogP contribution in [0, 0.1) is 21.7 Å². The Kier molecular flexibility index (Phi) is 5.76. The lowest BCUT2D eigenvalue weighted by Crippen LogP contribution is -2.31. The summed E-state index contributed by atoms with van der Waals surface area (Å²) in [5.74, 6) is 1.09. The molecule has 0 saturated carbocycles. The Morgan fingerprint density at radius 2 is 0.583 bits per heavy atom. The van der Waals surface area contributed by atoms with Crippen LogP contribution in [0.5, 0.6) is 0 Å². The molecule has 0 amide bonds. The number of benzene rings is 1. The molecule has 0 radical (unpaired) electrons. The van der Waals surface area contributed by atoms with Gasteiger partial charge in [0.1, 0.15) is 0 Å². The Hall–Kier alpha value is -0.780. The summed E-state index contributed by atoms with van der Waals surface area (Å²) in [6.07, 6.45) is 0. The highest BCUT2D eigenvalue weighted by Gasteiger charge is 2.38. The first-order valence-corrected chi connectivity index (χ1v) is 9.55. The second-order valence-corrected chi connectivity index (χ2v) is 12.0. The minimum absolute atomic E-state index is 0.257. The summed E-state index contributed by atoms with van der Waals surface area (Å²) in [6, 6.07) is 9.56. The van der Waals surface area contributed by atoms with Gasteiger partial charge in [-0.05, 0) is 44.6 Å². The van der Waals surface area contributed by atoms with Crippen molar-refractivity contribution < 1.29 is 0 Å². The summed E-state index contributed by atoms with van der Waals surface area (Å²) in [5, 5.41) is 0. The van der Waals surface area contributed by atoms with E-state index in [1.165, 1.54) is 11.1 Å². The average molecular weight is 331 g/mol. The fourth-order valence-corrected chi connectivity index (χ4v) is 5.48. The summed E-state index contributed by atoms with van der Waals surface area (Å²) in [5.41, 5.74) is 3.97. The maximum atomic E-state index is 2.39. The lowest BCUT2D eigenvalue weighted by molar-refractivity contribution is 0.172. The van der Waals surface area contributed by atoms with Crippen molar-refractivity contribution in [3.8, 4) is 0 Å². The molecule has 0 nitrogen and oxygen atoms in total. The topological polar surface area (TPSA) is 0 Å². The molecule has 0 aliphatic carbocycles. The van der Waals surface area contributed by atoms with E-state index < -0.39 is 0 Å². The van der Waals surface area contributed by atoms with E-state index in [9.17, 15) is 0 Å². The Morgan fingerprint density at radius 1 is 0.417 bits per heavy atom. The van der Waals surface area contributed by atoms with E-state index >= 15 is 0 Å². The van der Waals surface area contributed by atoms with Crippen molar-refractivity contribution in [2.75, 3.05) is 0 Å². The third-order valence-electron chi connectivity index (χ3n) is 5.07. The SMILES string of the molecule is CC(C)(C)C(c1ccc(C(C(C)(C)C)C(C)(C)C)cc1)C(C)(C)C. The molecule has 24 heavy (non-hydrogen) atoms. The summed E-state index contributed by atoms with van der Waals surface area (Å²) < 4.78 is 0. The van der Waals surface area contributed by atoms with E-state index in [1.54, 1.807) is 0 Å². The molecule has 0 heteroatoms. The zero-order chi connectivity index (χ0) is 19.1. The maximum absolute atomic E-state index is 2.39. The minimum atomic E-state index is 0.257. The normalized spacial score (nSPS) is 14.6. The first-order chi connectivity index (χ1) is 10.5. The van der Waals surface area contributed by atoms with Gasteiger partial charge in [0.25, 0.3) is 0 Å². The molecule has 0 spiro atoms. The zero-order valence-corrected chi connectivity index (χ0v) is 18.5. The highest BCUT2D eigenvalue weighted by atomic mass is 14.4. The number of rotatable bonds is 2. The average Bonchev–Trinajstić information content (AvgIpc) is 2.23. The van der Waals surface area contributed by atoms with E-state index in [2.05, 4.69) is 107 Å². The lowest BCUT2D eigenvalue weighted by Gasteiger charge is -2.43. The first kappa shape index (κ1) is 21.3. The van der Waals surface area contributed by atoms with Crippen LogP contribution in [-0.2, 0) is 0 Å². The van der Waals surface area contributed by atoms with Gasteiger partial charge in [-0.2, -0.15) is 0 Å². The molecule has 1 rings (SSSR count). The molecule has 0 atom stereocenters. The number of hydrogen-bond donors (Lipinski definition) is 0. The molecule has 0 fully saturated rings. The molecule has 0 aliphatic rings. The molecule has 0 saturated heterocycles. The van der Waals surface area contributed by atoms with Crippen molar-refractivity contribution in [3.05, 3.63) is 35.4 Å². The van der Waals surface area contributed by atoms with Gasteiger partial charge >= 0.3 is 0 Å². The van der Waals surface area contributed by atoms with Gasteiger partial charge < -0.3 is 0 Å². The van der Waals surface area contributed by atoms with Crippen molar-refractivity contribution in [1.82, 2.24) is 0 Å². The largest absolute Gasteiger partial charge is 0.0596 e. The molecule has 0 unspecified atom stereocenters. The Bertz CT molecular complexity index is 439. The quantitative estimate of drug-likeness (QED) is 0.514. The fraction of sp³-hybridized carbons (Fsp3) is 0.750. The molecular formula is C24H42. The van der Waals surface area contributed by atoms with Crippen molar-refractivity contribution >= 4 is 0 Å². The molecule has 0 aromatic heterocycles. The van der Waals surface area contributed by atoms with Crippen molar-refractivity contribution in [3.63, 3.8) is 0 Å². The van der Waals surface area contributed by atoms with Crippen molar-refractivity contribution in [2.45, 2.75) is 94.9 Å². The molecule has 0 heterocycles. The van der Waals surface area contributed by atoms with Crippen LogP contribution in [0.2, 0.25) is 0 Å². The molecule has 0 bridgehead atoms. The first-order valence-electron chi connectivity index (χ1n) is 9.55. The molecule has 0 aliphatic heterocycles. The Labute approximate surface area is 152 Å². The van der Waals surface area contributed by atoms with Gasteiger partial charge in [0.15, 0.2) is 0 Å². The van der Waals surface area contributed by atoms with Gasteiger partial charge in [-0.25, -0.2) is 0 Å². The third-order valence-corrected chi connectivity index (χ3v) is 5.07. The monoisotopic (exact) mass is 330 g/mol. The van der Waals surface area contributed by atoms with Crippen LogP contribution in [-0.4, -0.2) is 0 Å². The van der Waals surface area contributed by atoms with E-state index in [4.69, 9.17) is 0 Å². The van der Waals surface area contributed by atoms with Crippen LogP contribution in [0.15, 0.2) is 24.3 Å². The lowest BCUT2D eigenvalue weighted by atomic mass is 9.62. The van der Waals surface area contributed by atoms with Gasteiger partial charge in [0.05, 0.1) is 0 Å². The van der Waals surface area contributed by atoms with Gasteiger partial charge in [-0.1, -0.05) is 107 Å². The molecule has 138 valence electrons. The van der Waals surface area contributed by atoms with Crippen molar-refractivity contribution in [1.29, 1.82) is 0 Å². The van der Waals surface area contributed by atoms with Crippen LogP contribution >= 0.6 is 0 Å². The second kappa shape index (κ2) is 6.50. The van der Waals surface area contributed by atoms with Crippen LogP contribution < -0.4 is 0 Å². The minimum Gasteiger partial charge on any atom is -0.0596 e. The highest BCUT2D eigenvalue weighted by Crippen LogP contribution is 2.50. The van der Waals surface area contributed by atoms with Gasteiger partial charge in [-0.3, -0.25) is 0 Å². The predicted molar refractivity (Wildman–Crippen MR) is 110 cm³/mol. The van der Waals surface area contributed by atoms with Crippen LogP contribution in [0.1, 0.15) is 106 Å². The van der Waals surface area contributed by atoms with E-state index in [-0.39, 0.29) is 21.7 Å². The zero-order valence-electron chi connectivity index (χ0n) is 18.5. The highest BCUT2D eigenvalue weighted by molar-refractivity contribution is 5.31. The summed E-state index contributed by atoms with van der Waals surface area (Å²) in [7, 11) is 0. The standard InChI is InChI=1S/C24H42/c1-21(2,3)19(22(4,5)6)17-13-15-18(16-14-17)20(23(7,8)9)24(10,11)12/h13-16,19-20H,1-12H3. The maximum Gasteiger partial charge on any atom is -0.00646 e.